The molecule has 1 atom stereocenters. The minimum absolute atomic E-state index is 0.0920. The Labute approximate surface area is 112 Å². The molecule has 1 saturated heterocycles. The summed E-state index contributed by atoms with van der Waals surface area (Å²) in [5.74, 6) is -0.0920. The van der Waals surface area contributed by atoms with Crippen molar-refractivity contribution in [2.75, 3.05) is 31.6 Å². The first-order valence-corrected chi connectivity index (χ1v) is 6.40. The number of aliphatic hydroxyl groups is 1. The van der Waals surface area contributed by atoms with Crippen molar-refractivity contribution in [1.82, 2.24) is 4.90 Å². The van der Waals surface area contributed by atoms with Crippen molar-refractivity contribution in [2.24, 2.45) is 0 Å². The molecule has 1 N–H and O–H groups in total. The number of aliphatic hydroxyl groups excluding tert-OH is 1. The zero-order valence-corrected chi connectivity index (χ0v) is 11.1. The maximum absolute atomic E-state index is 12.4. The summed E-state index contributed by atoms with van der Waals surface area (Å²) in [4.78, 5) is 16.0. The molecule has 5 heteroatoms. The van der Waals surface area contributed by atoms with Gasteiger partial charge in [-0.2, -0.15) is 0 Å². The third-order valence-electron chi connectivity index (χ3n) is 3.29. The second kappa shape index (κ2) is 5.69. The number of nitrogens with zero attached hydrogens (tertiary/aromatic N) is 2. The highest BCUT2D eigenvalue weighted by atomic mass is 35.5. The van der Waals surface area contributed by atoms with Crippen LogP contribution in [0.4, 0.5) is 5.69 Å². The Kier molecular flexibility index (Phi) is 4.22. The summed E-state index contributed by atoms with van der Waals surface area (Å²) in [6.07, 6.45) is 0.865. The molecule has 1 amide bonds. The fraction of sp³-hybridized carbons (Fsp3) is 0.462. The monoisotopic (exact) mass is 268 g/mol. The predicted molar refractivity (Wildman–Crippen MR) is 71.9 cm³/mol. The lowest BCUT2D eigenvalue weighted by molar-refractivity contribution is -0.123. The number of halogens is 1. The Morgan fingerprint density at radius 1 is 1.39 bits per heavy atom. The summed E-state index contributed by atoms with van der Waals surface area (Å²) in [5, 5.41) is 9.93. The molecule has 4 nitrogen and oxygen atoms in total. The summed E-state index contributed by atoms with van der Waals surface area (Å²) >= 11 is 6.13. The van der Waals surface area contributed by atoms with Crippen molar-refractivity contribution >= 4 is 23.2 Å². The van der Waals surface area contributed by atoms with Crippen LogP contribution in [0.5, 0.6) is 0 Å². The molecule has 1 aliphatic rings. The Morgan fingerprint density at radius 3 is 2.78 bits per heavy atom. The molecule has 2 rings (SSSR count). The second-order valence-electron chi connectivity index (χ2n) is 4.47. The first kappa shape index (κ1) is 13.3. The molecule has 0 spiro atoms. The van der Waals surface area contributed by atoms with E-state index < -0.39 is 6.04 Å². The molecule has 0 saturated carbocycles. The van der Waals surface area contributed by atoms with Crippen LogP contribution in [0.2, 0.25) is 5.02 Å². The average Bonchev–Trinajstić information content (AvgIpc) is 2.49. The largest absolute Gasteiger partial charge is 0.394 e. The first-order chi connectivity index (χ1) is 8.65. The number of likely N-dealkylation sites (N-methyl/N-ethyl adjacent to an activating group) is 1. The Hall–Kier alpha value is -1.10. The number of para-hydroxylation sites is 1. The van der Waals surface area contributed by atoms with Gasteiger partial charge in [0.05, 0.1) is 17.3 Å². The number of carbonyl (C=O) groups excluding carboxylic acids is 1. The summed E-state index contributed by atoms with van der Waals surface area (Å²) in [6.45, 7) is 1.25. The SMILES string of the molecule is CN1CCCN(c2ccccc2Cl)C(=O)C1CO. The molecule has 0 radical (unpaired) electrons. The smallest absolute Gasteiger partial charge is 0.246 e. The molecule has 0 aliphatic carbocycles. The Bertz CT molecular complexity index is 439. The van der Waals surface area contributed by atoms with Crippen LogP contribution < -0.4 is 4.90 Å². The van der Waals surface area contributed by atoms with Gasteiger partial charge < -0.3 is 10.0 Å². The van der Waals surface area contributed by atoms with Crippen LogP contribution in [0.25, 0.3) is 0 Å². The van der Waals surface area contributed by atoms with E-state index in [1.807, 2.05) is 30.1 Å². The van der Waals surface area contributed by atoms with Crippen molar-refractivity contribution in [1.29, 1.82) is 0 Å². The molecule has 0 bridgehead atoms. The third-order valence-corrected chi connectivity index (χ3v) is 3.61. The molecule has 1 heterocycles. The van der Waals surface area contributed by atoms with Crippen molar-refractivity contribution in [3.63, 3.8) is 0 Å². The average molecular weight is 269 g/mol. The second-order valence-corrected chi connectivity index (χ2v) is 4.88. The third kappa shape index (κ3) is 2.51. The van der Waals surface area contributed by atoms with E-state index in [0.29, 0.717) is 11.6 Å². The molecule has 98 valence electrons. The number of amides is 1. The number of benzene rings is 1. The number of hydrogen-bond donors (Lipinski definition) is 1. The van der Waals surface area contributed by atoms with Crippen LogP contribution in [0.15, 0.2) is 24.3 Å². The summed E-state index contributed by atoms with van der Waals surface area (Å²) in [7, 11) is 1.86. The highest BCUT2D eigenvalue weighted by Gasteiger charge is 2.31. The molecule has 1 aliphatic heterocycles. The van der Waals surface area contributed by atoms with Gasteiger partial charge in [-0.1, -0.05) is 23.7 Å². The van der Waals surface area contributed by atoms with Gasteiger partial charge >= 0.3 is 0 Å². The van der Waals surface area contributed by atoms with E-state index in [1.165, 1.54) is 0 Å². The lowest BCUT2D eigenvalue weighted by atomic mass is 10.2. The molecule has 0 aromatic heterocycles. The highest BCUT2D eigenvalue weighted by molar-refractivity contribution is 6.33. The summed E-state index contributed by atoms with van der Waals surface area (Å²) in [5.41, 5.74) is 0.720. The van der Waals surface area contributed by atoms with Gasteiger partial charge in [-0.05, 0) is 25.6 Å². The lowest BCUT2D eigenvalue weighted by Crippen LogP contribution is -2.46. The highest BCUT2D eigenvalue weighted by Crippen LogP contribution is 2.27. The van der Waals surface area contributed by atoms with Gasteiger partial charge in [0.1, 0.15) is 6.04 Å². The van der Waals surface area contributed by atoms with Crippen LogP contribution in [0.3, 0.4) is 0 Å². The number of rotatable bonds is 2. The zero-order valence-electron chi connectivity index (χ0n) is 10.3. The maximum atomic E-state index is 12.4. The minimum atomic E-state index is -0.483. The van der Waals surface area contributed by atoms with E-state index in [0.717, 1.165) is 18.7 Å². The molecule has 1 aromatic carbocycles. The van der Waals surface area contributed by atoms with Gasteiger partial charge in [0.2, 0.25) is 5.91 Å². The molecule has 1 aromatic rings. The number of hydrogen-bond acceptors (Lipinski definition) is 3. The van der Waals surface area contributed by atoms with Crippen molar-refractivity contribution in [2.45, 2.75) is 12.5 Å². The Morgan fingerprint density at radius 2 is 2.11 bits per heavy atom. The predicted octanol–water partition coefficient (Wildman–Crippen LogP) is 1.37. The fourth-order valence-electron chi connectivity index (χ4n) is 2.24. The standard InChI is InChI=1S/C13H17ClN2O2/c1-15-7-4-8-16(13(18)12(15)9-17)11-6-3-2-5-10(11)14/h2-3,5-6,12,17H,4,7-9H2,1H3. The minimum Gasteiger partial charge on any atom is -0.394 e. The molecule has 18 heavy (non-hydrogen) atoms. The number of anilines is 1. The van der Waals surface area contributed by atoms with Crippen molar-refractivity contribution in [3.05, 3.63) is 29.3 Å². The topological polar surface area (TPSA) is 43.8 Å². The van der Waals surface area contributed by atoms with E-state index in [9.17, 15) is 9.90 Å². The first-order valence-electron chi connectivity index (χ1n) is 6.02. The maximum Gasteiger partial charge on any atom is 0.246 e. The van der Waals surface area contributed by atoms with E-state index in [4.69, 9.17) is 11.6 Å². The number of carbonyl (C=O) groups is 1. The van der Waals surface area contributed by atoms with Gasteiger partial charge in [-0.3, -0.25) is 9.69 Å². The van der Waals surface area contributed by atoms with Crippen LogP contribution in [0.1, 0.15) is 6.42 Å². The van der Waals surface area contributed by atoms with Gasteiger partial charge in [-0.25, -0.2) is 0 Å². The van der Waals surface area contributed by atoms with Crippen molar-refractivity contribution in [3.8, 4) is 0 Å². The van der Waals surface area contributed by atoms with E-state index in [2.05, 4.69) is 0 Å². The summed E-state index contributed by atoms with van der Waals surface area (Å²) < 4.78 is 0. The molecular formula is C13H17ClN2O2. The van der Waals surface area contributed by atoms with Crippen molar-refractivity contribution < 1.29 is 9.90 Å². The van der Waals surface area contributed by atoms with E-state index in [-0.39, 0.29) is 12.5 Å². The van der Waals surface area contributed by atoms with Crippen LogP contribution >= 0.6 is 11.6 Å². The van der Waals surface area contributed by atoms with Gasteiger partial charge in [0.25, 0.3) is 0 Å². The zero-order chi connectivity index (χ0) is 13.1. The molecular weight excluding hydrogens is 252 g/mol. The fourth-order valence-corrected chi connectivity index (χ4v) is 2.48. The van der Waals surface area contributed by atoms with Gasteiger partial charge in [-0.15, -0.1) is 0 Å². The van der Waals surface area contributed by atoms with E-state index >= 15 is 0 Å². The Balaban J connectivity index is 2.32. The molecule has 1 fully saturated rings. The van der Waals surface area contributed by atoms with Crippen LogP contribution in [-0.4, -0.2) is 48.7 Å². The van der Waals surface area contributed by atoms with Crippen LogP contribution in [0, 0.1) is 0 Å². The molecule has 1 unspecified atom stereocenters. The van der Waals surface area contributed by atoms with Gasteiger partial charge in [0.15, 0.2) is 0 Å². The summed E-state index contributed by atoms with van der Waals surface area (Å²) in [6, 6.07) is 6.82. The normalized spacial score (nSPS) is 22.1. The van der Waals surface area contributed by atoms with E-state index in [1.54, 1.807) is 11.0 Å². The van der Waals surface area contributed by atoms with Crippen LogP contribution in [-0.2, 0) is 4.79 Å². The lowest BCUT2D eigenvalue weighted by Gasteiger charge is -2.27. The quantitative estimate of drug-likeness (QED) is 0.881. The van der Waals surface area contributed by atoms with Gasteiger partial charge in [0, 0.05) is 13.1 Å².